The molecule has 0 saturated carbocycles. The molecule has 0 heterocycles. The average molecular weight is 238 g/mol. The van der Waals surface area contributed by atoms with Gasteiger partial charge < -0.3 is 5.11 Å². The third-order valence-corrected chi connectivity index (χ3v) is 4.13. The number of hydrogen-bond acceptors (Lipinski definition) is 5. The molecule has 0 rings (SSSR count). The summed E-state index contributed by atoms with van der Waals surface area (Å²) >= 11 is 5.08. The molecule has 0 aromatic heterocycles. The number of carbonyl (C=O) groups is 1. The zero-order valence-corrected chi connectivity index (χ0v) is 10.7. The van der Waals surface area contributed by atoms with E-state index in [2.05, 4.69) is 5.32 Å². The minimum atomic E-state index is -0.883. The van der Waals surface area contributed by atoms with E-state index in [0.717, 1.165) is 0 Å². The minimum absolute atomic E-state index is 0.0972. The number of hydrogen-bond donors (Lipinski definition) is 2. The second-order valence-corrected chi connectivity index (χ2v) is 4.82. The Hall–Kier alpha value is -0.130. The van der Waals surface area contributed by atoms with E-state index >= 15 is 0 Å². The second kappa shape index (κ2) is 5.68. The highest BCUT2D eigenvalue weighted by Gasteiger charge is 2.41. The lowest BCUT2D eigenvalue weighted by atomic mass is 10.5. The van der Waals surface area contributed by atoms with E-state index < -0.39 is 11.5 Å². The molecule has 7 heteroatoms. The molecular formula is C7H17N3O2PS+. The van der Waals surface area contributed by atoms with E-state index in [1.807, 2.05) is 38.0 Å². The number of nitrogens with one attached hydrogen (secondary N) is 1. The van der Waals surface area contributed by atoms with E-state index in [4.69, 9.17) is 16.9 Å². The molecule has 0 aliphatic heterocycles. The highest BCUT2D eigenvalue weighted by Crippen LogP contribution is 2.24. The van der Waals surface area contributed by atoms with Gasteiger partial charge in [0.25, 0.3) is 0 Å². The first-order valence-corrected chi connectivity index (χ1v) is 6.21. The van der Waals surface area contributed by atoms with Crippen molar-refractivity contribution < 1.29 is 9.90 Å². The third-order valence-electron chi connectivity index (χ3n) is 1.92. The van der Waals surface area contributed by atoms with E-state index in [1.54, 1.807) is 0 Å². The fourth-order valence-electron chi connectivity index (χ4n) is 1.13. The van der Waals surface area contributed by atoms with Gasteiger partial charge >= 0.3 is 11.5 Å². The van der Waals surface area contributed by atoms with Crippen molar-refractivity contribution in [1.29, 1.82) is 0 Å². The molecule has 14 heavy (non-hydrogen) atoms. The summed E-state index contributed by atoms with van der Waals surface area (Å²) in [5.74, 6) is -0.883. The average Bonchev–Trinajstić information content (AvgIpc) is 2.04. The van der Waals surface area contributed by atoms with Gasteiger partial charge in [-0.1, -0.05) is 0 Å². The summed E-state index contributed by atoms with van der Waals surface area (Å²) in [4.78, 5) is 14.3. The molecule has 0 saturated heterocycles. The molecule has 0 aromatic carbocycles. The highest BCUT2D eigenvalue weighted by molar-refractivity contribution is 7.97. The van der Waals surface area contributed by atoms with Crippen molar-refractivity contribution in [3.8, 4) is 0 Å². The van der Waals surface area contributed by atoms with Crippen LogP contribution in [0, 0.1) is 0 Å². The Kier molecular flexibility index (Phi) is 5.63. The first kappa shape index (κ1) is 13.9. The van der Waals surface area contributed by atoms with Gasteiger partial charge in [-0.05, 0) is 28.2 Å². The zero-order chi connectivity index (χ0) is 11.4. The SMILES string of the molecule is CN(C)C(NCC(=O)O)([PH+]=S)N(C)C. The molecule has 0 amide bonds. The molecule has 0 aliphatic carbocycles. The summed E-state index contributed by atoms with van der Waals surface area (Å²) in [6.07, 6.45) is 0. The van der Waals surface area contributed by atoms with E-state index in [0.29, 0.717) is 0 Å². The topological polar surface area (TPSA) is 55.8 Å². The maximum absolute atomic E-state index is 10.5. The third kappa shape index (κ3) is 3.22. The van der Waals surface area contributed by atoms with Crippen LogP contribution >= 0.6 is 7.36 Å². The normalized spacial score (nSPS) is 12.7. The van der Waals surface area contributed by atoms with Crippen LogP contribution in [0.3, 0.4) is 0 Å². The van der Waals surface area contributed by atoms with Crippen LogP contribution in [0.2, 0.25) is 0 Å². The van der Waals surface area contributed by atoms with Crippen molar-refractivity contribution in [2.75, 3.05) is 34.7 Å². The van der Waals surface area contributed by atoms with Crippen LogP contribution < -0.4 is 5.32 Å². The largest absolute Gasteiger partial charge is 0.480 e. The molecule has 0 aliphatic rings. The van der Waals surface area contributed by atoms with E-state index in [-0.39, 0.29) is 13.9 Å². The van der Waals surface area contributed by atoms with Crippen LogP contribution in [-0.2, 0) is 16.6 Å². The van der Waals surface area contributed by atoms with E-state index in [1.165, 1.54) is 0 Å². The van der Waals surface area contributed by atoms with Crippen molar-refractivity contribution in [1.82, 2.24) is 15.1 Å². The molecule has 0 aromatic rings. The van der Waals surface area contributed by atoms with Crippen molar-refractivity contribution in [2.24, 2.45) is 0 Å². The summed E-state index contributed by atoms with van der Waals surface area (Å²) in [6.45, 7) is -0.0972. The quantitative estimate of drug-likeness (QED) is 0.482. The van der Waals surface area contributed by atoms with Gasteiger partial charge in [-0.15, -0.1) is 0 Å². The number of carboxylic acid groups (broad SMARTS) is 1. The monoisotopic (exact) mass is 238 g/mol. The van der Waals surface area contributed by atoms with Gasteiger partial charge in [-0.2, -0.15) is 0 Å². The summed E-state index contributed by atoms with van der Waals surface area (Å²) in [7, 11) is 7.62. The maximum Gasteiger partial charge on any atom is 0.317 e. The molecule has 5 nitrogen and oxygen atoms in total. The lowest BCUT2D eigenvalue weighted by molar-refractivity contribution is -0.137. The van der Waals surface area contributed by atoms with Crippen molar-refractivity contribution >= 4 is 25.1 Å². The van der Waals surface area contributed by atoms with Gasteiger partial charge in [0, 0.05) is 0 Å². The molecule has 0 fully saturated rings. The number of nitrogens with zero attached hydrogens (tertiary/aromatic N) is 2. The summed E-state index contributed by atoms with van der Waals surface area (Å²) in [5.41, 5.74) is -0.548. The van der Waals surface area contributed by atoms with Gasteiger partial charge in [-0.3, -0.25) is 4.79 Å². The Balaban J connectivity index is 4.68. The molecule has 0 radical (unpaired) electrons. The number of aliphatic carboxylic acids is 1. The maximum atomic E-state index is 10.5. The minimum Gasteiger partial charge on any atom is -0.480 e. The number of rotatable bonds is 6. The summed E-state index contributed by atoms with van der Waals surface area (Å²) in [6, 6.07) is 0. The van der Waals surface area contributed by atoms with Gasteiger partial charge in [0.05, 0.1) is 0 Å². The Morgan fingerprint density at radius 1 is 1.43 bits per heavy atom. The highest BCUT2D eigenvalue weighted by atomic mass is 32.4. The predicted octanol–water partition coefficient (Wildman–Crippen LogP) is -0.464. The summed E-state index contributed by atoms with van der Waals surface area (Å²) in [5, 5.41) is 11.5. The zero-order valence-electron chi connectivity index (χ0n) is 8.87. The van der Waals surface area contributed by atoms with Crippen molar-refractivity contribution in [2.45, 2.75) is 5.53 Å². The van der Waals surface area contributed by atoms with Crippen molar-refractivity contribution in [3.63, 3.8) is 0 Å². The smallest absolute Gasteiger partial charge is 0.317 e. The lowest BCUT2D eigenvalue weighted by Crippen LogP contribution is -2.61. The standard InChI is InChI=1S/C7H16N3O2PS/c1-9(2)7(13-14,10(3)4)8-5-6(11)12/h8H,5H2,1-4H3,(H,11,12)/p+1. The second-order valence-electron chi connectivity index (χ2n) is 3.31. The molecule has 0 bridgehead atoms. The van der Waals surface area contributed by atoms with Crippen LogP contribution in [0.4, 0.5) is 0 Å². The fraction of sp³-hybridized carbons (Fsp3) is 0.857. The lowest BCUT2D eigenvalue weighted by Gasteiger charge is -2.34. The molecule has 2 N–H and O–H groups in total. The molecule has 1 unspecified atom stereocenters. The fourth-order valence-corrected chi connectivity index (χ4v) is 2.97. The van der Waals surface area contributed by atoms with Crippen LogP contribution in [0.5, 0.6) is 0 Å². The van der Waals surface area contributed by atoms with Crippen molar-refractivity contribution in [3.05, 3.63) is 0 Å². The molecule has 1 atom stereocenters. The van der Waals surface area contributed by atoms with Gasteiger partial charge in [0.15, 0.2) is 11.8 Å². The van der Waals surface area contributed by atoms with E-state index in [9.17, 15) is 4.79 Å². The Morgan fingerprint density at radius 2 is 1.86 bits per heavy atom. The molecular weight excluding hydrogens is 221 g/mol. The Labute approximate surface area is 90.9 Å². The van der Waals surface area contributed by atoms with Crippen LogP contribution in [0.15, 0.2) is 0 Å². The van der Waals surface area contributed by atoms with Gasteiger partial charge in [0.1, 0.15) is 6.54 Å². The van der Waals surface area contributed by atoms with Gasteiger partial charge in [-0.25, -0.2) is 15.1 Å². The number of carboxylic acids is 1. The molecule has 0 spiro atoms. The Bertz CT molecular complexity index is 215. The van der Waals surface area contributed by atoms with Gasteiger partial charge in [0.2, 0.25) is 7.36 Å². The molecule has 82 valence electrons. The summed E-state index contributed by atoms with van der Waals surface area (Å²) < 4.78 is 0. The van der Waals surface area contributed by atoms with Crippen LogP contribution in [-0.4, -0.2) is 61.1 Å². The Morgan fingerprint density at radius 3 is 2.07 bits per heavy atom. The van der Waals surface area contributed by atoms with Crippen LogP contribution in [0.25, 0.3) is 0 Å². The predicted molar refractivity (Wildman–Crippen MR) is 61.4 cm³/mol. The van der Waals surface area contributed by atoms with Crippen LogP contribution in [0.1, 0.15) is 0 Å². The first-order valence-electron chi connectivity index (χ1n) is 4.08. The first-order chi connectivity index (χ1) is 6.36.